The van der Waals surface area contributed by atoms with Crippen LogP contribution in [0, 0.1) is 6.92 Å². The van der Waals surface area contributed by atoms with E-state index in [1.807, 2.05) is 31.2 Å². The molecule has 0 radical (unpaired) electrons. The minimum Gasteiger partial charge on any atom is -0.450 e. The molecule has 1 N–H and O–H groups in total. The highest BCUT2D eigenvalue weighted by atomic mass is 16.3. The van der Waals surface area contributed by atoms with Gasteiger partial charge in [-0.25, -0.2) is 0 Å². The molecule has 1 amide bonds. The van der Waals surface area contributed by atoms with Gasteiger partial charge in [-0.3, -0.25) is 9.59 Å². The lowest BCUT2D eigenvalue weighted by Gasteiger charge is -2.06. The molecule has 0 unspecified atom stereocenters. The zero-order valence-corrected chi connectivity index (χ0v) is 11.4. The summed E-state index contributed by atoms with van der Waals surface area (Å²) >= 11 is 0. The zero-order valence-electron chi connectivity index (χ0n) is 11.4. The summed E-state index contributed by atoms with van der Waals surface area (Å²) in [6.45, 7) is 1.84. The Morgan fingerprint density at radius 2 is 1.81 bits per heavy atom. The van der Waals surface area contributed by atoms with E-state index >= 15 is 0 Å². The van der Waals surface area contributed by atoms with Crippen molar-refractivity contribution in [1.29, 1.82) is 0 Å². The third-order valence-corrected chi connectivity index (χ3v) is 3.21. The second-order valence-electron chi connectivity index (χ2n) is 4.75. The van der Waals surface area contributed by atoms with Crippen LogP contribution in [0.4, 0.5) is 5.69 Å². The Morgan fingerprint density at radius 3 is 2.57 bits per heavy atom. The Balaban J connectivity index is 2.03. The third-order valence-electron chi connectivity index (χ3n) is 3.21. The van der Waals surface area contributed by atoms with Crippen LogP contribution in [-0.2, 0) is 0 Å². The molecule has 3 rings (SSSR count). The molecule has 1 heterocycles. The van der Waals surface area contributed by atoms with Crippen molar-refractivity contribution in [3.8, 4) is 0 Å². The number of rotatable bonds is 2. The lowest BCUT2D eigenvalue weighted by atomic mass is 10.1. The van der Waals surface area contributed by atoms with E-state index < -0.39 is 5.91 Å². The predicted octanol–water partition coefficient (Wildman–Crippen LogP) is 3.35. The maximum Gasteiger partial charge on any atom is 0.291 e. The van der Waals surface area contributed by atoms with Crippen molar-refractivity contribution in [2.45, 2.75) is 6.92 Å². The first-order chi connectivity index (χ1) is 10.1. The first-order valence-electron chi connectivity index (χ1n) is 6.55. The monoisotopic (exact) mass is 279 g/mol. The van der Waals surface area contributed by atoms with Gasteiger partial charge in [-0.05, 0) is 30.7 Å². The fraction of sp³-hybridized carbons (Fsp3) is 0.0588. The molecule has 0 aliphatic carbocycles. The van der Waals surface area contributed by atoms with Crippen molar-refractivity contribution in [3.05, 3.63) is 76.1 Å². The Hall–Kier alpha value is -2.88. The first-order valence-corrected chi connectivity index (χ1v) is 6.55. The van der Waals surface area contributed by atoms with E-state index in [-0.39, 0.29) is 11.2 Å². The standard InChI is InChI=1S/C17H13NO3/c1-11-6-5-9-13-14(19)10-15(21-16(11)13)17(20)18-12-7-3-2-4-8-12/h2-10H,1H3,(H,18,20). The number of anilines is 1. The quantitative estimate of drug-likeness (QED) is 0.782. The molecule has 0 aliphatic rings. The van der Waals surface area contributed by atoms with Crippen molar-refractivity contribution in [1.82, 2.24) is 0 Å². The molecule has 3 aromatic rings. The average Bonchev–Trinajstić information content (AvgIpc) is 2.49. The van der Waals surface area contributed by atoms with E-state index in [9.17, 15) is 9.59 Å². The van der Waals surface area contributed by atoms with Crippen molar-refractivity contribution in [3.63, 3.8) is 0 Å². The first kappa shape index (κ1) is 13.1. The number of aryl methyl sites for hydroxylation is 1. The fourth-order valence-electron chi connectivity index (χ4n) is 2.14. The number of benzene rings is 2. The molecule has 0 saturated carbocycles. The van der Waals surface area contributed by atoms with E-state index in [2.05, 4.69) is 5.32 Å². The fourth-order valence-corrected chi connectivity index (χ4v) is 2.14. The number of carbonyl (C=O) groups is 1. The number of fused-ring (bicyclic) bond motifs is 1. The maximum absolute atomic E-state index is 12.2. The van der Waals surface area contributed by atoms with Gasteiger partial charge in [-0.1, -0.05) is 30.3 Å². The molecular weight excluding hydrogens is 266 g/mol. The summed E-state index contributed by atoms with van der Waals surface area (Å²) in [7, 11) is 0. The molecule has 104 valence electrons. The van der Waals surface area contributed by atoms with Crippen molar-refractivity contribution in [2.75, 3.05) is 5.32 Å². The van der Waals surface area contributed by atoms with E-state index in [0.29, 0.717) is 16.7 Å². The predicted molar refractivity (Wildman–Crippen MR) is 81.6 cm³/mol. The number of hydrogen-bond acceptors (Lipinski definition) is 3. The molecular formula is C17H13NO3. The number of para-hydroxylation sites is 2. The number of carbonyl (C=O) groups excluding carboxylic acids is 1. The van der Waals surface area contributed by atoms with Gasteiger partial charge in [0.2, 0.25) is 0 Å². The average molecular weight is 279 g/mol. The maximum atomic E-state index is 12.2. The largest absolute Gasteiger partial charge is 0.450 e. The number of hydrogen-bond donors (Lipinski definition) is 1. The normalized spacial score (nSPS) is 10.5. The number of nitrogens with one attached hydrogen (secondary N) is 1. The van der Waals surface area contributed by atoms with Crippen LogP contribution in [0.1, 0.15) is 16.1 Å². The lowest BCUT2D eigenvalue weighted by molar-refractivity contribution is 0.0997. The topological polar surface area (TPSA) is 59.3 Å². The van der Waals surface area contributed by atoms with Gasteiger partial charge >= 0.3 is 0 Å². The number of amides is 1. The van der Waals surface area contributed by atoms with Crippen LogP contribution in [0.25, 0.3) is 11.0 Å². The summed E-state index contributed by atoms with van der Waals surface area (Å²) < 4.78 is 5.60. The van der Waals surface area contributed by atoms with Gasteiger partial charge in [0.15, 0.2) is 11.2 Å². The summed E-state index contributed by atoms with van der Waals surface area (Å²) in [5, 5.41) is 3.18. The molecule has 0 atom stereocenters. The Kier molecular flexibility index (Phi) is 3.28. The van der Waals surface area contributed by atoms with Crippen molar-refractivity contribution < 1.29 is 9.21 Å². The molecule has 0 spiro atoms. The summed E-state index contributed by atoms with van der Waals surface area (Å²) in [4.78, 5) is 24.2. The minimum absolute atomic E-state index is 0.00523. The van der Waals surface area contributed by atoms with E-state index in [0.717, 1.165) is 5.56 Å². The smallest absolute Gasteiger partial charge is 0.291 e. The molecule has 21 heavy (non-hydrogen) atoms. The van der Waals surface area contributed by atoms with Crippen molar-refractivity contribution in [2.24, 2.45) is 0 Å². The van der Waals surface area contributed by atoms with E-state index in [1.54, 1.807) is 24.3 Å². The molecule has 4 heteroatoms. The van der Waals surface area contributed by atoms with Gasteiger partial charge in [-0.2, -0.15) is 0 Å². The van der Waals surface area contributed by atoms with Crippen LogP contribution in [-0.4, -0.2) is 5.91 Å². The molecule has 4 nitrogen and oxygen atoms in total. The van der Waals surface area contributed by atoms with Crippen LogP contribution in [0.3, 0.4) is 0 Å². The van der Waals surface area contributed by atoms with Gasteiger partial charge in [-0.15, -0.1) is 0 Å². The van der Waals surface area contributed by atoms with Crippen LogP contribution >= 0.6 is 0 Å². The third kappa shape index (κ3) is 2.56. The van der Waals surface area contributed by atoms with Gasteiger partial charge < -0.3 is 9.73 Å². The highest BCUT2D eigenvalue weighted by Crippen LogP contribution is 2.17. The molecule has 0 saturated heterocycles. The van der Waals surface area contributed by atoms with E-state index in [1.165, 1.54) is 6.07 Å². The van der Waals surface area contributed by atoms with Gasteiger partial charge in [0.1, 0.15) is 5.58 Å². The van der Waals surface area contributed by atoms with Crippen LogP contribution in [0.2, 0.25) is 0 Å². The zero-order chi connectivity index (χ0) is 14.8. The second kappa shape index (κ2) is 5.25. The van der Waals surface area contributed by atoms with Crippen molar-refractivity contribution >= 4 is 22.6 Å². The van der Waals surface area contributed by atoms with Gasteiger partial charge in [0, 0.05) is 11.8 Å². The minimum atomic E-state index is -0.441. The molecule has 0 aliphatic heterocycles. The Bertz CT molecular complexity index is 866. The molecule has 2 aromatic carbocycles. The Morgan fingerprint density at radius 1 is 1.05 bits per heavy atom. The van der Waals surface area contributed by atoms with Crippen LogP contribution < -0.4 is 10.7 Å². The Labute approximate surface area is 121 Å². The summed E-state index contributed by atoms with van der Waals surface area (Å²) in [5.41, 5.74) is 1.69. The van der Waals surface area contributed by atoms with E-state index in [4.69, 9.17) is 4.42 Å². The molecule has 0 fully saturated rings. The highest BCUT2D eigenvalue weighted by Gasteiger charge is 2.13. The summed E-state index contributed by atoms with van der Waals surface area (Å²) in [5.74, 6) is -0.436. The second-order valence-corrected chi connectivity index (χ2v) is 4.75. The molecule has 0 bridgehead atoms. The van der Waals surface area contributed by atoms with Crippen LogP contribution in [0.15, 0.2) is 63.8 Å². The summed E-state index contributed by atoms with van der Waals surface area (Å²) in [6.07, 6.45) is 0. The van der Waals surface area contributed by atoms with Gasteiger partial charge in [0.05, 0.1) is 5.39 Å². The highest BCUT2D eigenvalue weighted by molar-refractivity contribution is 6.03. The SMILES string of the molecule is Cc1cccc2c(=O)cc(C(=O)Nc3ccccc3)oc12. The van der Waals surface area contributed by atoms with Crippen LogP contribution in [0.5, 0.6) is 0 Å². The summed E-state index contributed by atoms with van der Waals surface area (Å²) in [6, 6.07) is 15.6. The van der Waals surface area contributed by atoms with Gasteiger partial charge in [0.25, 0.3) is 5.91 Å². The lowest BCUT2D eigenvalue weighted by Crippen LogP contribution is -2.15. The molecule has 1 aromatic heterocycles.